The van der Waals surface area contributed by atoms with E-state index in [1.54, 1.807) is 0 Å². The molecule has 2 aromatic rings. The van der Waals surface area contributed by atoms with Crippen LogP contribution in [0.1, 0.15) is 63.0 Å². The monoisotopic (exact) mass is 254 g/mol. The van der Waals surface area contributed by atoms with Gasteiger partial charge in [0.25, 0.3) is 0 Å². The van der Waals surface area contributed by atoms with Crippen molar-refractivity contribution < 1.29 is 0 Å². The van der Waals surface area contributed by atoms with Gasteiger partial charge >= 0.3 is 0 Å². The van der Waals surface area contributed by atoms with Gasteiger partial charge in [0.2, 0.25) is 0 Å². The molecule has 0 saturated carbocycles. The van der Waals surface area contributed by atoms with E-state index >= 15 is 0 Å². The van der Waals surface area contributed by atoms with Crippen molar-refractivity contribution in [3.8, 4) is 0 Å². The molecule has 0 saturated heterocycles. The molecule has 0 aliphatic heterocycles. The van der Waals surface area contributed by atoms with E-state index in [2.05, 4.69) is 57.2 Å². The van der Waals surface area contributed by atoms with Gasteiger partial charge in [0.05, 0.1) is 0 Å². The topological polar surface area (TPSA) is 0 Å². The molecule has 0 heterocycles. The Morgan fingerprint density at radius 1 is 0.895 bits per heavy atom. The van der Waals surface area contributed by atoms with Crippen LogP contribution >= 0.6 is 0 Å². The van der Waals surface area contributed by atoms with Gasteiger partial charge in [-0.15, -0.1) is 0 Å². The van der Waals surface area contributed by atoms with E-state index in [9.17, 15) is 0 Å². The molecule has 2 aromatic carbocycles. The zero-order chi connectivity index (χ0) is 13.7. The van der Waals surface area contributed by atoms with Crippen molar-refractivity contribution >= 4 is 10.8 Å². The zero-order valence-corrected chi connectivity index (χ0v) is 12.6. The van der Waals surface area contributed by atoms with Crippen molar-refractivity contribution in [1.82, 2.24) is 0 Å². The first kappa shape index (κ1) is 14.1. The summed E-state index contributed by atoms with van der Waals surface area (Å²) < 4.78 is 0. The summed E-state index contributed by atoms with van der Waals surface area (Å²) in [5.41, 5.74) is 2.87. The fourth-order valence-corrected chi connectivity index (χ4v) is 2.88. The summed E-state index contributed by atoms with van der Waals surface area (Å²) in [5.74, 6) is 0.734. The van der Waals surface area contributed by atoms with Gasteiger partial charge < -0.3 is 0 Å². The molecule has 0 aromatic heterocycles. The van der Waals surface area contributed by atoms with Crippen LogP contribution in [0.2, 0.25) is 0 Å². The third kappa shape index (κ3) is 3.59. The van der Waals surface area contributed by atoms with Gasteiger partial charge in [0, 0.05) is 0 Å². The predicted octanol–water partition coefficient (Wildman–Crippen LogP) is 6.22. The first-order valence-corrected chi connectivity index (χ1v) is 7.75. The molecule has 2 rings (SSSR count). The molecule has 0 N–H and O–H groups in total. The minimum atomic E-state index is 0.734. The molecular weight excluding hydrogens is 228 g/mol. The Hall–Kier alpha value is -1.30. The van der Waals surface area contributed by atoms with E-state index < -0.39 is 0 Å². The molecule has 1 atom stereocenters. The van der Waals surface area contributed by atoms with Gasteiger partial charge in [-0.05, 0) is 42.0 Å². The second kappa shape index (κ2) is 6.75. The average molecular weight is 254 g/mol. The predicted molar refractivity (Wildman–Crippen MR) is 85.9 cm³/mol. The van der Waals surface area contributed by atoms with Crippen LogP contribution in [0.25, 0.3) is 10.8 Å². The van der Waals surface area contributed by atoms with Crippen LogP contribution < -0.4 is 0 Å². The largest absolute Gasteiger partial charge is 0.0654 e. The summed E-state index contributed by atoms with van der Waals surface area (Å²) in [4.78, 5) is 0. The molecule has 0 aliphatic rings. The third-order valence-electron chi connectivity index (χ3n) is 4.14. The summed E-state index contributed by atoms with van der Waals surface area (Å²) in [7, 11) is 0. The maximum atomic E-state index is 2.40. The first-order chi connectivity index (χ1) is 9.24. The molecule has 1 unspecified atom stereocenters. The fourth-order valence-electron chi connectivity index (χ4n) is 2.88. The van der Waals surface area contributed by atoms with Crippen LogP contribution in [0, 0.1) is 6.92 Å². The number of fused-ring (bicyclic) bond motifs is 1. The van der Waals surface area contributed by atoms with Gasteiger partial charge in [-0.1, -0.05) is 75.1 Å². The smallest absolute Gasteiger partial charge is 0.0164 e. The van der Waals surface area contributed by atoms with Gasteiger partial charge in [0.1, 0.15) is 0 Å². The van der Waals surface area contributed by atoms with E-state index in [0.29, 0.717) is 0 Å². The molecule has 19 heavy (non-hydrogen) atoms. The van der Waals surface area contributed by atoms with E-state index in [4.69, 9.17) is 0 Å². The molecule has 0 bridgehead atoms. The SMILES string of the molecule is CCCCCC(CC)c1ccc2cc(C)ccc2c1. The number of rotatable bonds is 6. The van der Waals surface area contributed by atoms with Crippen molar-refractivity contribution in [2.45, 2.75) is 58.8 Å². The number of hydrogen-bond donors (Lipinski definition) is 0. The van der Waals surface area contributed by atoms with Crippen LogP contribution in [-0.4, -0.2) is 0 Å². The first-order valence-electron chi connectivity index (χ1n) is 7.75. The van der Waals surface area contributed by atoms with Gasteiger partial charge in [0.15, 0.2) is 0 Å². The minimum Gasteiger partial charge on any atom is -0.0654 e. The lowest BCUT2D eigenvalue weighted by molar-refractivity contribution is 0.554. The van der Waals surface area contributed by atoms with E-state index in [-0.39, 0.29) is 0 Å². The molecule has 0 aliphatic carbocycles. The van der Waals surface area contributed by atoms with Crippen molar-refractivity contribution in [3.05, 3.63) is 47.5 Å². The Morgan fingerprint density at radius 2 is 1.63 bits per heavy atom. The van der Waals surface area contributed by atoms with Crippen molar-refractivity contribution in [2.24, 2.45) is 0 Å². The molecule has 0 heteroatoms. The number of hydrogen-bond acceptors (Lipinski definition) is 0. The highest BCUT2D eigenvalue weighted by Gasteiger charge is 2.09. The molecule has 0 radical (unpaired) electrons. The van der Waals surface area contributed by atoms with Crippen LogP contribution in [-0.2, 0) is 0 Å². The van der Waals surface area contributed by atoms with Crippen molar-refractivity contribution in [1.29, 1.82) is 0 Å². The quantitative estimate of drug-likeness (QED) is 0.537. The highest BCUT2D eigenvalue weighted by atomic mass is 14.1. The van der Waals surface area contributed by atoms with Crippen molar-refractivity contribution in [2.75, 3.05) is 0 Å². The number of aryl methyl sites for hydroxylation is 1. The number of benzene rings is 2. The Labute approximate surface area is 117 Å². The normalized spacial score (nSPS) is 12.8. The Kier molecular flexibility index (Phi) is 5.01. The second-order valence-corrected chi connectivity index (χ2v) is 5.71. The lowest BCUT2D eigenvalue weighted by Gasteiger charge is -2.16. The fraction of sp³-hybridized carbons (Fsp3) is 0.474. The van der Waals surface area contributed by atoms with E-state index in [0.717, 1.165) is 5.92 Å². The second-order valence-electron chi connectivity index (χ2n) is 5.71. The highest BCUT2D eigenvalue weighted by molar-refractivity contribution is 5.83. The summed E-state index contributed by atoms with van der Waals surface area (Å²) in [5, 5.41) is 2.75. The average Bonchev–Trinajstić information content (AvgIpc) is 2.43. The van der Waals surface area contributed by atoms with Gasteiger partial charge in [-0.25, -0.2) is 0 Å². The van der Waals surface area contributed by atoms with Crippen LogP contribution in [0.3, 0.4) is 0 Å². The van der Waals surface area contributed by atoms with Crippen molar-refractivity contribution in [3.63, 3.8) is 0 Å². The van der Waals surface area contributed by atoms with Crippen LogP contribution in [0.15, 0.2) is 36.4 Å². The van der Waals surface area contributed by atoms with E-state index in [1.165, 1.54) is 54.0 Å². The highest BCUT2D eigenvalue weighted by Crippen LogP contribution is 2.28. The van der Waals surface area contributed by atoms with Gasteiger partial charge in [-0.2, -0.15) is 0 Å². The minimum absolute atomic E-state index is 0.734. The molecule has 0 fully saturated rings. The Bertz CT molecular complexity index is 525. The standard InChI is InChI=1S/C19H26/c1-4-6-7-8-16(5-2)18-12-11-17-13-15(3)9-10-19(17)14-18/h9-14,16H,4-8H2,1-3H3. The summed E-state index contributed by atoms with van der Waals surface area (Å²) in [6, 6.07) is 13.8. The van der Waals surface area contributed by atoms with Gasteiger partial charge in [-0.3, -0.25) is 0 Å². The summed E-state index contributed by atoms with van der Waals surface area (Å²) in [6.45, 7) is 6.75. The Morgan fingerprint density at radius 3 is 2.37 bits per heavy atom. The molecular formula is C19H26. The zero-order valence-electron chi connectivity index (χ0n) is 12.6. The number of unbranched alkanes of at least 4 members (excludes halogenated alkanes) is 2. The lowest BCUT2D eigenvalue weighted by atomic mass is 9.89. The van der Waals surface area contributed by atoms with Crippen LogP contribution in [0.5, 0.6) is 0 Å². The summed E-state index contributed by atoms with van der Waals surface area (Å²) >= 11 is 0. The molecule has 102 valence electrons. The maximum Gasteiger partial charge on any atom is -0.0164 e. The third-order valence-corrected chi connectivity index (χ3v) is 4.14. The molecule has 0 nitrogen and oxygen atoms in total. The maximum absolute atomic E-state index is 2.40. The van der Waals surface area contributed by atoms with E-state index in [1.807, 2.05) is 0 Å². The van der Waals surface area contributed by atoms with Crippen LogP contribution in [0.4, 0.5) is 0 Å². The molecule has 0 amide bonds. The Balaban J connectivity index is 2.20. The summed E-state index contributed by atoms with van der Waals surface area (Å²) in [6.07, 6.45) is 6.63. The molecule has 0 spiro atoms. The lowest BCUT2D eigenvalue weighted by Crippen LogP contribution is -1.97.